The first-order valence-electron chi connectivity index (χ1n) is 20.6. The van der Waals surface area contributed by atoms with E-state index in [4.69, 9.17) is 9.72 Å². The Hall–Kier alpha value is -3.93. The number of anilines is 3. The van der Waals surface area contributed by atoms with Crippen molar-refractivity contribution < 1.29 is 14.3 Å². The Balaban J connectivity index is 0.000000255. The van der Waals surface area contributed by atoms with Crippen LogP contribution in [-0.4, -0.2) is 111 Å². The van der Waals surface area contributed by atoms with E-state index in [9.17, 15) is 9.59 Å². The molecule has 2 saturated carbocycles. The third-order valence-electron chi connectivity index (χ3n) is 10.7. The van der Waals surface area contributed by atoms with E-state index in [1.54, 1.807) is 25.2 Å². The number of unbranched alkanes of at least 4 members (excludes halogenated alkanes) is 2. The number of rotatable bonds is 7. The number of nitrogens with one attached hydrogen (secondary N) is 1. The number of carbonyl (C=O) groups is 2. The van der Waals surface area contributed by atoms with Gasteiger partial charge in [0.05, 0.1) is 11.9 Å². The number of ether oxygens (including phenoxy) is 1. The SMILES string of the molecule is CC.CC(C)(C)OC(=O)N1CCC12CCC2.CCCCC.CN1CCN(c2ccc(Nc3ncc4cc(C(=O)N(C)C)n(C5CCCC5)c4n3)nc2)CC1. The average molecular weight is 748 g/mol. The molecule has 0 unspecified atom stereocenters. The fourth-order valence-electron chi connectivity index (χ4n) is 7.42. The first kappa shape index (κ1) is 42.8. The number of fused-ring (bicyclic) bond motifs is 1. The van der Waals surface area contributed by atoms with Crippen molar-refractivity contribution in [3.8, 4) is 0 Å². The topological polar surface area (TPSA) is 112 Å². The summed E-state index contributed by atoms with van der Waals surface area (Å²) in [5.41, 5.74) is 2.47. The summed E-state index contributed by atoms with van der Waals surface area (Å²) in [5.74, 6) is 1.19. The number of pyridine rings is 1. The number of likely N-dealkylation sites (tertiary alicyclic amines) is 1. The number of aromatic nitrogens is 4. The number of likely N-dealkylation sites (N-methyl/N-ethyl adjacent to an activating group) is 1. The third-order valence-corrected chi connectivity index (χ3v) is 10.7. The van der Waals surface area contributed by atoms with Gasteiger partial charge in [0.2, 0.25) is 5.95 Å². The molecule has 3 aromatic heterocycles. The second kappa shape index (κ2) is 19.6. The molecule has 2 aliphatic carbocycles. The van der Waals surface area contributed by atoms with Gasteiger partial charge in [-0.1, -0.05) is 59.8 Å². The fraction of sp³-hybridized carbons (Fsp3) is 0.690. The minimum atomic E-state index is -0.363. The first-order chi connectivity index (χ1) is 25.8. The highest BCUT2D eigenvalue weighted by molar-refractivity contribution is 5.98. The lowest BCUT2D eigenvalue weighted by atomic mass is 9.68. The summed E-state index contributed by atoms with van der Waals surface area (Å²) in [6.07, 6.45) is 16.9. The Bertz CT molecular complexity index is 1610. The standard InChI is InChI=1S/C24H32N8O.C11H19NO2.C5H12.C2H6/c1-29(2)23(33)20-14-17-15-26-24(28-22(17)32(20)18-6-4-5-7-18)27-21-9-8-19(16-25-21)31-12-10-30(3)11-13-31;1-10(2,3)14-9(13)12-8-7-11(12)5-4-6-11;1-3-5-4-2;1-2/h8-9,14-16,18H,4-7,10-13H2,1-3H3,(H,25,26,27,28);4-8H2,1-3H3;3-5H2,1-2H3;1-2H3. The molecule has 0 aromatic carbocycles. The summed E-state index contributed by atoms with van der Waals surface area (Å²) in [5, 5.41) is 4.13. The number of hydrogen-bond donors (Lipinski definition) is 1. The summed E-state index contributed by atoms with van der Waals surface area (Å²) < 4.78 is 7.49. The van der Waals surface area contributed by atoms with Crippen molar-refractivity contribution in [2.45, 2.75) is 136 Å². The Morgan fingerprint density at radius 2 is 1.59 bits per heavy atom. The first-order valence-corrected chi connectivity index (χ1v) is 20.6. The van der Waals surface area contributed by atoms with Crippen molar-refractivity contribution in [2.24, 2.45) is 0 Å². The van der Waals surface area contributed by atoms with Crippen LogP contribution in [0.1, 0.15) is 136 Å². The van der Waals surface area contributed by atoms with Gasteiger partial charge in [-0.2, -0.15) is 4.98 Å². The molecule has 300 valence electrons. The van der Waals surface area contributed by atoms with E-state index in [1.165, 1.54) is 57.8 Å². The predicted octanol–water partition coefficient (Wildman–Crippen LogP) is 8.91. The molecule has 2 amide bonds. The highest BCUT2D eigenvalue weighted by atomic mass is 16.6. The zero-order chi connectivity index (χ0) is 39.5. The van der Waals surface area contributed by atoms with Crippen LogP contribution in [0.3, 0.4) is 0 Å². The molecule has 4 aliphatic rings. The van der Waals surface area contributed by atoms with Crippen LogP contribution in [0.15, 0.2) is 30.6 Å². The van der Waals surface area contributed by atoms with E-state index < -0.39 is 0 Å². The second-order valence-corrected chi connectivity index (χ2v) is 16.1. The van der Waals surface area contributed by atoms with Crippen LogP contribution in [0.25, 0.3) is 11.0 Å². The molecule has 54 heavy (non-hydrogen) atoms. The van der Waals surface area contributed by atoms with Crippen LogP contribution in [0.2, 0.25) is 0 Å². The zero-order valence-electron chi connectivity index (χ0n) is 35.1. The Morgan fingerprint density at radius 3 is 2.07 bits per heavy atom. The summed E-state index contributed by atoms with van der Waals surface area (Å²) in [4.78, 5) is 46.8. The van der Waals surface area contributed by atoms with Gasteiger partial charge >= 0.3 is 6.09 Å². The molecule has 3 aromatic rings. The van der Waals surface area contributed by atoms with Gasteiger partial charge in [0.15, 0.2) is 0 Å². The van der Waals surface area contributed by atoms with Gasteiger partial charge in [-0.15, -0.1) is 0 Å². The van der Waals surface area contributed by atoms with Crippen molar-refractivity contribution >= 4 is 40.5 Å². The van der Waals surface area contributed by atoms with E-state index in [0.29, 0.717) is 23.5 Å². The van der Waals surface area contributed by atoms with Gasteiger partial charge in [-0.25, -0.2) is 14.8 Å². The van der Waals surface area contributed by atoms with Crippen molar-refractivity contribution in [2.75, 3.05) is 64.1 Å². The molecule has 5 heterocycles. The molecule has 7 rings (SSSR count). The maximum atomic E-state index is 12.9. The molecule has 2 aliphatic heterocycles. The maximum Gasteiger partial charge on any atom is 0.410 e. The van der Waals surface area contributed by atoms with Gasteiger partial charge in [-0.3, -0.25) is 4.79 Å². The molecule has 0 bridgehead atoms. The Kier molecular flexibility index (Phi) is 15.5. The molecule has 12 heteroatoms. The second-order valence-electron chi connectivity index (χ2n) is 16.1. The van der Waals surface area contributed by atoms with Crippen molar-refractivity contribution in [1.82, 2.24) is 34.2 Å². The number of piperazine rings is 1. The largest absolute Gasteiger partial charge is 0.444 e. The van der Waals surface area contributed by atoms with Crippen LogP contribution < -0.4 is 10.2 Å². The summed E-state index contributed by atoms with van der Waals surface area (Å²) in [6, 6.07) is 6.28. The monoisotopic (exact) mass is 748 g/mol. The molecule has 2 saturated heterocycles. The minimum absolute atomic E-state index is 0.00410. The lowest BCUT2D eigenvalue weighted by Gasteiger charge is -2.58. The summed E-state index contributed by atoms with van der Waals surface area (Å²) >= 11 is 0. The normalized spacial score (nSPS) is 17.9. The quantitative estimate of drug-likeness (QED) is 0.253. The Labute approximate surface area is 325 Å². The van der Waals surface area contributed by atoms with E-state index in [-0.39, 0.29) is 23.1 Å². The maximum absolute atomic E-state index is 12.9. The van der Waals surface area contributed by atoms with Crippen LogP contribution >= 0.6 is 0 Å². The van der Waals surface area contributed by atoms with Crippen LogP contribution in [0, 0.1) is 0 Å². The van der Waals surface area contributed by atoms with E-state index >= 15 is 0 Å². The van der Waals surface area contributed by atoms with Crippen molar-refractivity contribution in [3.63, 3.8) is 0 Å². The van der Waals surface area contributed by atoms with Gasteiger partial charge in [0, 0.05) is 70.0 Å². The lowest BCUT2D eigenvalue weighted by molar-refractivity contribution is -0.0792. The van der Waals surface area contributed by atoms with Crippen molar-refractivity contribution in [3.05, 3.63) is 36.3 Å². The number of carbonyl (C=O) groups excluding carboxylic acids is 2. The van der Waals surface area contributed by atoms with Gasteiger partial charge in [-0.05, 0) is 84.5 Å². The average Bonchev–Trinajstić information content (AvgIpc) is 3.77. The van der Waals surface area contributed by atoms with Crippen LogP contribution in [0.5, 0.6) is 0 Å². The number of nitrogens with zero attached hydrogens (tertiary/aromatic N) is 8. The van der Waals surface area contributed by atoms with E-state index in [0.717, 1.165) is 62.3 Å². The van der Waals surface area contributed by atoms with Crippen molar-refractivity contribution in [1.29, 1.82) is 0 Å². The highest BCUT2D eigenvalue weighted by Gasteiger charge is 2.52. The van der Waals surface area contributed by atoms with E-state index in [2.05, 4.69) is 56.6 Å². The summed E-state index contributed by atoms with van der Waals surface area (Å²) in [7, 11) is 5.73. The predicted molar refractivity (Wildman–Crippen MR) is 221 cm³/mol. The number of amides is 2. The molecular weight excluding hydrogens is 679 g/mol. The lowest BCUT2D eigenvalue weighted by Crippen LogP contribution is -2.66. The van der Waals surface area contributed by atoms with Gasteiger partial charge in [0.25, 0.3) is 5.91 Å². The molecule has 1 spiro atoms. The summed E-state index contributed by atoms with van der Waals surface area (Å²) in [6.45, 7) is 19.2. The molecule has 4 fully saturated rings. The molecule has 1 N–H and O–H groups in total. The number of hydrogen-bond acceptors (Lipinski definition) is 9. The zero-order valence-corrected chi connectivity index (χ0v) is 35.1. The smallest absolute Gasteiger partial charge is 0.410 e. The minimum Gasteiger partial charge on any atom is -0.444 e. The van der Waals surface area contributed by atoms with Crippen LogP contribution in [0.4, 0.5) is 22.2 Å². The molecule has 0 atom stereocenters. The molecule has 12 nitrogen and oxygen atoms in total. The third kappa shape index (κ3) is 10.9. The van der Waals surface area contributed by atoms with Gasteiger partial charge < -0.3 is 34.2 Å². The highest BCUT2D eigenvalue weighted by Crippen LogP contribution is 2.47. The fourth-order valence-corrected chi connectivity index (χ4v) is 7.42. The molecule has 0 radical (unpaired) electrons. The van der Waals surface area contributed by atoms with E-state index in [1.807, 2.05) is 57.8 Å². The van der Waals surface area contributed by atoms with Gasteiger partial charge in [0.1, 0.15) is 22.8 Å². The molecular formula is C42H69N9O3. The Morgan fingerprint density at radius 1 is 0.926 bits per heavy atom. The van der Waals surface area contributed by atoms with Crippen LogP contribution in [-0.2, 0) is 4.74 Å².